The highest BCUT2D eigenvalue weighted by atomic mass is 16.3. The van der Waals surface area contributed by atoms with Crippen molar-refractivity contribution >= 4 is 57.4 Å². The van der Waals surface area contributed by atoms with Crippen LogP contribution in [0, 0.1) is 13.8 Å². The Labute approximate surface area is 290 Å². The first kappa shape index (κ1) is 29.2. The molecule has 0 amide bonds. The average Bonchev–Trinajstić information content (AvgIpc) is 3.46. The van der Waals surface area contributed by atoms with Gasteiger partial charge in [0.25, 0.3) is 0 Å². The molecule has 0 radical (unpaired) electrons. The molecule has 242 valence electrons. The van der Waals surface area contributed by atoms with Gasteiger partial charge in [0.2, 0.25) is 0 Å². The summed E-state index contributed by atoms with van der Waals surface area (Å²) in [6.45, 7) is 18.9. The van der Waals surface area contributed by atoms with Crippen molar-refractivity contribution in [2.45, 2.75) is 84.5 Å². The number of benzene rings is 5. The number of para-hydroxylation sites is 3. The predicted molar refractivity (Wildman–Crippen MR) is 207 cm³/mol. The number of aryl methyl sites for hydroxylation is 2. The van der Waals surface area contributed by atoms with Crippen molar-refractivity contribution in [1.29, 1.82) is 0 Å². The van der Waals surface area contributed by atoms with Crippen LogP contribution in [0.4, 0.5) is 28.4 Å². The molecule has 3 nitrogen and oxygen atoms in total. The van der Waals surface area contributed by atoms with Crippen LogP contribution in [0.1, 0.15) is 87.8 Å². The number of anilines is 5. The van der Waals surface area contributed by atoms with Gasteiger partial charge in [-0.3, -0.25) is 0 Å². The minimum absolute atomic E-state index is 0.0958. The minimum Gasteiger partial charge on any atom is -0.466 e. The van der Waals surface area contributed by atoms with E-state index in [4.69, 9.17) is 4.42 Å². The second-order valence-electron chi connectivity index (χ2n) is 17.0. The zero-order valence-electron chi connectivity index (χ0n) is 30.0. The highest BCUT2D eigenvalue weighted by Crippen LogP contribution is 2.57. The molecule has 0 unspecified atom stereocenters. The van der Waals surface area contributed by atoms with Crippen LogP contribution in [-0.4, -0.2) is 6.85 Å². The van der Waals surface area contributed by atoms with Gasteiger partial charge in [-0.2, -0.15) is 0 Å². The van der Waals surface area contributed by atoms with E-state index < -0.39 is 0 Å². The maximum absolute atomic E-state index is 7.14. The maximum Gasteiger partial charge on any atom is 0.375 e. The van der Waals surface area contributed by atoms with E-state index >= 15 is 0 Å². The normalized spacial score (nSPS) is 18.4. The van der Waals surface area contributed by atoms with Gasteiger partial charge in [-0.15, -0.1) is 0 Å². The lowest BCUT2D eigenvalue weighted by Crippen LogP contribution is -2.62. The molecule has 4 heteroatoms. The summed E-state index contributed by atoms with van der Waals surface area (Å²) < 4.78 is 7.14. The van der Waals surface area contributed by atoms with Gasteiger partial charge in [0, 0.05) is 39.1 Å². The summed E-state index contributed by atoms with van der Waals surface area (Å²) in [5.41, 5.74) is 20.5. The fourth-order valence-electron chi connectivity index (χ4n) is 9.91. The van der Waals surface area contributed by atoms with Crippen LogP contribution in [0.3, 0.4) is 0 Å². The third-order valence-corrected chi connectivity index (χ3v) is 12.6. The number of hydrogen-bond acceptors (Lipinski definition) is 3. The average molecular weight is 639 g/mol. The summed E-state index contributed by atoms with van der Waals surface area (Å²) in [5.74, 6) is 0. The maximum atomic E-state index is 7.14. The van der Waals surface area contributed by atoms with Crippen LogP contribution in [0.5, 0.6) is 0 Å². The second-order valence-corrected chi connectivity index (χ2v) is 17.0. The standard InChI is InChI=1S/C45H43BN2O/c1-26-22-30-28-15-13-17-32-40(28)48(35-18-11-10-16-31(35)45(32,7)8)46-39(30)37(23-26)47(41-29-14-9-12-19-38(29)49-42(41)46)36-25-34-33(24-27(36)2)43(3,4)20-21-44(34,5)6/h9-19,22-25H,20-21H2,1-8H3. The zero-order valence-corrected chi connectivity index (χ0v) is 30.0. The first-order chi connectivity index (χ1) is 23.4. The van der Waals surface area contributed by atoms with Crippen molar-refractivity contribution in [2.24, 2.45) is 0 Å². The summed E-state index contributed by atoms with van der Waals surface area (Å²) >= 11 is 0. The van der Waals surface area contributed by atoms with Crippen molar-refractivity contribution in [1.82, 2.24) is 0 Å². The highest BCUT2D eigenvalue weighted by molar-refractivity contribution is 6.93. The van der Waals surface area contributed by atoms with E-state index in [0.29, 0.717) is 0 Å². The zero-order chi connectivity index (χ0) is 33.8. The van der Waals surface area contributed by atoms with Crippen LogP contribution in [0.2, 0.25) is 0 Å². The van der Waals surface area contributed by atoms with Crippen molar-refractivity contribution in [3.8, 4) is 11.1 Å². The Morgan fingerprint density at radius 1 is 0.612 bits per heavy atom. The molecule has 0 spiro atoms. The van der Waals surface area contributed by atoms with Crippen LogP contribution in [-0.2, 0) is 16.2 Å². The van der Waals surface area contributed by atoms with Crippen LogP contribution in [0.25, 0.3) is 22.1 Å². The van der Waals surface area contributed by atoms with Crippen LogP contribution >= 0.6 is 0 Å². The van der Waals surface area contributed by atoms with Crippen LogP contribution < -0.4 is 20.8 Å². The van der Waals surface area contributed by atoms with E-state index in [9.17, 15) is 0 Å². The molecule has 6 aromatic rings. The smallest absolute Gasteiger partial charge is 0.375 e. The first-order valence-corrected chi connectivity index (χ1v) is 18.0. The van der Waals surface area contributed by atoms with E-state index in [-0.39, 0.29) is 23.1 Å². The van der Waals surface area contributed by atoms with Crippen molar-refractivity contribution < 1.29 is 4.42 Å². The van der Waals surface area contributed by atoms with Crippen molar-refractivity contribution in [3.05, 3.63) is 124 Å². The number of furan rings is 1. The lowest BCUT2D eigenvalue weighted by molar-refractivity contribution is 0.332. The lowest BCUT2D eigenvalue weighted by atomic mass is 9.44. The Hall–Kier alpha value is -4.70. The number of fused-ring (bicyclic) bond motifs is 9. The highest BCUT2D eigenvalue weighted by Gasteiger charge is 2.52. The molecule has 10 rings (SSSR count). The van der Waals surface area contributed by atoms with E-state index in [2.05, 4.69) is 156 Å². The molecule has 0 fully saturated rings. The summed E-state index contributed by atoms with van der Waals surface area (Å²) in [4.78, 5) is 5.20. The molecule has 1 aromatic heterocycles. The molecule has 1 aliphatic carbocycles. The van der Waals surface area contributed by atoms with Crippen molar-refractivity contribution in [2.75, 3.05) is 9.71 Å². The molecule has 4 aliphatic rings. The molecular formula is C45H43BN2O. The van der Waals surface area contributed by atoms with Crippen molar-refractivity contribution in [3.63, 3.8) is 0 Å². The van der Waals surface area contributed by atoms with E-state index in [0.717, 1.165) is 16.6 Å². The topological polar surface area (TPSA) is 19.6 Å². The Morgan fingerprint density at radius 3 is 2.10 bits per heavy atom. The molecule has 0 saturated carbocycles. The summed E-state index contributed by atoms with van der Waals surface area (Å²) in [5, 5.41) is 1.16. The number of hydrogen-bond donors (Lipinski definition) is 0. The largest absolute Gasteiger partial charge is 0.466 e. The Bertz CT molecular complexity index is 2430. The van der Waals surface area contributed by atoms with Gasteiger partial charge >= 0.3 is 6.85 Å². The SMILES string of the molecule is Cc1cc2c3c(c1)N(c1cc4c(cc1C)C(C)(C)CCC4(C)C)c1c(oc4ccccc14)B3N1c3ccccc3C(C)(C)c3cccc-2c31. The molecule has 0 N–H and O–H groups in total. The van der Waals surface area contributed by atoms with Gasteiger partial charge in [0.15, 0.2) is 0 Å². The Morgan fingerprint density at radius 2 is 1.31 bits per heavy atom. The molecule has 3 aliphatic heterocycles. The molecule has 0 atom stereocenters. The lowest BCUT2D eigenvalue weighted by Gasteiger charge is -2.50. The minimum atomic E-state index is -0.138. The molecular weight excluding hydrogens is 595 g/mol. The Kier molecular flexibility index (Phi) is 5.55. The quantitative estimate of drug-likeness (QED) is 0.167. The predicted octanol–water partition coefficient (Wildman–Crippen LogP) is 10.7. The fraction of sp³-hybridized carbons (Fsp3) is 0.289. The van der Waals surface area contributed by atoms with Gasteiger partial charge < -0.3 is 14.1 Å². The second kappa shape index (κ2) is 9.30. The molecule has 0 bridgehead atoms. The molecule has 49 heavy (non-hydrogen) atoms. The summed E-state index contributed by atoms with van der Waals surface area (Å²) in [6.07, 6.45) is 2.38. The summed E-state index contributed by atoms with van der Waals surface area (Å²) in [6, 6.07) is 34.5. The number of rotatable bonds is 1. The third kappa shape index (κ3) is 3.65. The van der Waals surface area contributed by atoms with E-state index in [1.54, 1.807) is 0 Å². The van der Waals surface area contributed by atoms with Gasteiger partial charge in [-0.05, 0) is 112 Å². The third-order valence-electron chi connectivity index (χ3n) is 12.6. The molecule has 5 aromatic carbocycles. The van der Waals surface area contributed by atoms with Gasteiger partial charge in [0.05, 0.1) is 5.69 Å². The van der Waals surface area contributed by atoms with Gasteiger partial charge in [0.1, 0.15) is 11.2 Å². The molecule has 0 saturated heterocycles. The van der Waals surface area contributed by atoms with E-state index in [1.165, 1.54) is 91.2 Å². The Balaban J connectivity index is 1.35. The monoisotopic (exact) mass is 638 g/mol. The molecule has 4 heterocycles. The van der Waals surface area contributed by atoms with Gasteiger partial charge in [-0.25, -0.2) is 0 Å². The number of nitrogens with zero attached hydrogens (tertiary/aromatic N) is 2. The van der Waals surface area contributed by atoms with E-state index in [1.807, 2.05) is 0 Å². The van der Waals surface area contributed by atoms with Crippen LogP contribution in [0.15, 0.2) is 95.4 Å². The first-order valence-electron chi connectivity index (χ1n) is 18.0. The summed E-state index contributed by atoms with van der Waals surface area (Å²) in [7, 11) is 0. The van der Waals surface area contributed by atoms with Gasteiger partial charge in [-0.1, -0.05) is 102 Å². The fourth-order valence-corrected chi connectivity index (χ4v) is 9.91.